The van der Waals surface area contributed by atoms with Gasteiger partial charge in [0.05, 0.1) is 13.2 Å². The summed E-state index contributed by atoms with van der Waals surface area (Å²) in [7, 11) is 2.14. The van der Waals surface area contributed by atoms with Crippen LogP contribution in [0.2, 0.25) is 0 Å². The molecule has 3 rings (SSSR count). The fraction of sp³-hybridized carbons (Fsp3) is 0.842. The lowest BCUT2D eigenvalue weighted by atomic mass is 9.82. The summed E-state index contributed by atoms with van der Waals surface area (Å²) in [6.45, 7) is 10.3. The minimum atomic E-state index is -0.833. The number of carbonyl (C=O) groups is 3. The molecule has 0 bridgehead atoms. The van der Waals surface area contributed by atoms with Crippen molar-refractivity contribution in [2.45, 2.75) is 20.3 Å². The predicted octanol–water partition coefficient (Wildman–Crippen LogP) is -1.15. The number of nitrogens with one attached hydrogen (secondary N) is 1. The Kier molecular flexibility index (Phi) is 10.5. The second-order valence-electron chi connectivity index (χ2n) is 8.09. The summed E-state index contributed by atoms with van der Waals surface area (Å²) in [5.41, 5.74) is -0.0886. The Labute approximate surface area is 172 Å². The lowest BCUT2D eigenvalue weighted by Gasteiger charge is -2.26. The molecule has 2 unspecified atom stereocenters. The molecule has 3 heterocycles. The van der Waals surface area contributed by atoms with E-state index in [1.54, 1.807) is 0 Å². The predicted molar refractivity (Wildman–Crippen MR) is 108 cm³/mol. The van der Waals surface area contributed by atoms with E-state index in [0.717, 1.165) is 66.1 Å². The maximum atomic E-state index is 12.6. The molecular weight excluding hydrogens is 380 g/mol. The first-order valence-corrected chi connectivity index (χ1v) is 9.99. The van der Waals surface area contributed by atoms with E-state index in [9.17, 15) is 9.90 Å². The Morgan fingerprint density at radius 1 is 1.07 bits per heavy atom. The molecule has 10 nitrogen and oxygen atoms in total. The molecule has 3 aliphatic heterocycles. The molecule has 3 aliphatic rings. The average Bonchev–Trinajstić information content (AvgIpc) is 3.09. The van der Waals surface area contributed by atoms with Gasteiger partial charge in [-0.3, -0.25) is 19.3 Å². The van der Waals surface area contributed by atoms with Gasteiger partial charge >= 0.3 is 0 Å². The lowest BCUT2D eigenvalue weighted by Crippen LogP contribution is -2.43. The molecule has 1 amide bonds. The molecule has 4 N–H and O–H groups in total. The van der Waals surface area contributed by atoms with E-state index < -0.39 is 11.9 Å². The van der Waals surface area contributed by atoms with Gasteiger partial charge in [0.15, 0.2) is 0 Å². The van der Waals surface area contributed by atoms with Gasteiger partial charge in [0.1, 0.15) is 0 Å². The summed E-state index contributed by atoms with van der Waals surface area (Å²) in [5.74, 6) is -1.01. The SMILES string of the molecule is CC(=O)O.CC(=O)O.CN1CCCN(CC(=O)N2CC3CNCC3(CO)C2)CC1. The molecule has 2 atom stereocenters. The Balaban J connectivity index is 0.000000452. The third-order valence-corrected chi connectivity index (χ3v) is 5.52. The maximum absolute atomic E-state index is 12.6. The summed E-state index contributed by atoms with van der Waals surface area (Å²) in [5, 5.41) is 27.9. The Morgan fingerprint density at radius 2 is 1.69 bits per heavy atom. The average molecular weight is 417 g/mol. The van der Waals surface area contributed by atoms with Crippen LogP contribution in [0.25, 0.3) is 0 Å². The number of likely N-dealkylation sites (N-methyl/N-ethyl adjacent to an activating group) is 1. The summed E-state index contributed by atoms with van der Waals surface area (Å²) in [4.78, 5) is 37.2. The van der Waals surface area contributed by atoms with E-state index in [1.807, 2.05) is 4.90 Å². The molecule has 0 radical (unpaired) electrons. The Hall–Kier alpha value is -1.75. The number of carboxylic acid groups (broad SMARTS) is 2. The molecule has 0 spiro atoms. The normalized spacial score (nSPS) is 27.0. The van der Waals surface area contributed by atoms with Crippen molar-refractivity contribution in [2.24, 2.45) is 11.3 Å². The van der Waals surface area contributed by atoms with Gasteiger partial charge in [-0.05, 0) is 32.5 Å². The van der Waals surface area contributed by atoms with Gasteiger partial charge in [0.2, 0.25) is 5.91 Å². The van der Waals surface area contributed by atoms with E-state index in [4.69, 9.17) is 19.8 Å². The number of carbonyl (C=O) groups excluding carboxylic acids is 1. The number of hydrogen-bond acceptors (Lipinski definition) is 7. The Bertz CT molecular complexity index is 541. The molecule has 168 valence electrons. The Morgan fingerprint density at radius 3 is 2.24 bits per heavy atom. The third-order valence-electron chi connectivity index (χ3n) is 5.52. The van der Waals surface area contributed by atoms with E-state index in [0.29, 0.717) is 19.0 Å². The minimum Gasteiger partial charge on any atom is -0.481 e. The minimum absolute atomic E-state index is 0.0886. The van der Waals surface area contributed by atoms with Crippen molar-refractivity contribution < 1.29 is 29.7 Å². The zero-order valence-electron chi connectivity index (χ0n) is 17.8. The number of hydrogen-bond donors (Lipinski definition) is 4. The zero-order chi connectivity index (χ0) is 22.0. The van der Waals surface area contributed by atoms with E-state index in [2.05, 4.69) is 22.2 Å². The second kappa shape index (κ2) is 12.1. The van der Waals surface area contributed by atoms with Crippen LogP contribution in [-0.4, -0.2) is 120 Å². The van der Waals surface area contributed by atoms with Crippen LogP contribution in [0.1, 0.15) is 20.3 Å². The van der Waals surface area contributed by atoms with Gasteiger partial charge in [0.25, 0.3) is 11.9 Å². The largest absolute Gasteiger partial charge is 0.481 e. The van der Waals surface area contributed by atoms with Crippen LogP contribution in [-0.2, 0) is 14.4 Å². The van der Waals surface area contributed by atoms with Crippen LogP contribution in [0.4, 0.5) is 0 Å². The standard InChI is InChI=1S/C15H28N4O2.2C2H4O2/c1-17-3-2-4-18(6-5-17)9-14(21)19-8-13-7-16-10-15(13,11-19)12-20;2*1-2(3)4/h13,16,20H,2-12H2,1H3;2*1H3,(H,3,4). The quantitative estimate of drug-likeness (QED) is 0.450. The van der Waals surface area contributed by atoms with Gasteiger partial charge < -0.3 is 30.4 Å². The number of aliphatic carboxylic acids is 2. The number of aliphatic hydroxyl groups excluding tert-OH is 1. The van der Waals surface area contributed by atoms with Crippen molar-refractivity contribution >= 4 is 17.8 Å². The van der Waals surface area contributed by atoms with Crippen molar-refractivity contribution in [3.63, 3.8) is 0 Å². The molecule has 10 heteroatoms. The molecule has 0 aromatic heterocycles. The summed E-state index contributed by atoms with van der Waals surface area (Å²) >= 11 is 0. The smallest absolute Gasteiger partial charge is 0.300 e. The van der Waals surface area contributed by atoms with Crippen molar-refractivity contribution in [2.75, 3.05) is 72.6 Å². The van der Waals surface area contributed by atoms with Gasteiger partial charge in [-0.1, -0.05) is 0 Å². The molecule has 3 saturated heterocycles. The van der Waals surface area contributed by atoms with E-state index in [-0.39, 0.29) is 17.9 Å². The number of aliphatic hydroxyl groups is 1. The fourth-order valence-electron chi connectivity index (χ4n) is 3.98. The molecule has 0 aromatic rings. The second-order valence-corrected chi connectivity index (χ2v) is 8.09. The molecule has 0 aromatic carbocycles. The summed E-state index contributed by atoms with van der Waals surface area (Å²) in [6.07, 6.45) is 1.14. The van der Waals surface area contributed by atoms with Crippen LogP contribution in [0.15, 0.2) is 0 Å². The highest BCUT2D eigenvalue weighted by atomic mass is 16.4. The first-order chi connectivity index (χ1) is 13.6. The maximum Gasteiger partial charge on any atom is 0.300 e. The summed E-state index contributed by atoms with van der Waals surface area (Å²) in [6, 6.07) is 0. The number of rotatable bonds is 3. The highest BCUT2D eigenvalue weighted by Crippen LogP contribution is 2.38. The van der Waals surface area contributed by atoms with Gasteiger partial charge in [-0.15, -0.1) is 0 Å². The highest BCUT2D eigenvalue weighted by molar-refractivity contribution is 5.78. The third kappa shape index (κ3) is 8.65. The molecule has 29 heavy (non-hydrogen) atoms. The molecule has 0 aliphatic carbocycles. The van der Waals surface area contributed by atoms with Crippen molar-refractivity contribution in [3.05, 3.63) is 0 Å². The van der Waals surface area contributed by atoms with E-state index >= 15 is 0 Å². The first-order valence-electron chi connectivity index (χ1n) is 9.99. The van der Waals surface area contributed by atoms with Crippen LogP contribution in [0.3, 0.4) is 0 Å². The zero-order valence-corrected chi connectivity index (χ0v) is 17.8. The van der Waals surface area contributed by atoms with Crippen LogP contribution < -0.4 is 5.32 Å². The summed E-state index contributed by atoms with van der Waals surface area (Å²) < 4.78 is 0. The van der Waals surface area contributed by atoms with Crippen molar-refractivity contribution in [1.82, 2.24) is 20.0 Å². The van der Waals surface area contributed by atoms with Crippen molar-refractivity contribution in [1.29, 1.82) is 0 Å². The fourth-order valence-corrected chi connectivity index (χ4v) is 3.98. The monoisotopic (exact) mass is 416 g/mol. The van der Waals surface area contributed by atoms with Crippen LogP contribution >= 0.6 is 0 Å². The number of nitrogens with zero attached hydrogens (tertiary/aromatic N) is 3. The van der Waals surface area contributed by atoms with Crippen LogP contribution in [0, 0.1) is 11.3 Å². The lowest BCUT2D eigenvalue weighted by molar-refractivity contribution is -0.135. The van der Waals surface area contributed by atoms with Crippen molar-refractivity contribution in [3.8, 4) is 0 Å². The highest BCUT2D eigenvalue weighted by Gasteiger charge is 2.50. The van der Waals surface area contributed by atoms with Gasteiger partial charge in [-0.25, -0.2) is 0 Å². The van der Waals surface area contributed by atoms with E-state index in [1.165, 1.54) is 0 Å². The topological polar surface area (TPSA) is 134 Å². The number of likely N-dealkylation sites (tertiary alicyclic amines) is 1. The first kappa shape index (κ1) is 25.3. The van der Waals surface area contributed by atoms with Gasteiger partial charge in [-0.2, -0.15) is 0 Å². The molecule has 0 saturated carbocycles. The number of fused-ring (bicyclic) bond motifs is 1. The van der Waals surface area contributed by atoms with Crippen LogP contribution in [0.5, 0.6) is 0 Å². The molecular formula is C19H36N4O6. The molecule has 3 fully saturated rings. The van der Waals surface area contributed by atoms with Gasteiger partial charge in [0, 0.05) is 58.5 Å². The number of carboxylic acids is 2. The number of amides is 1.